The Balaban J connectivity index is 1.95. The predicted octanol–water partition coefficient (Wildman–Crippen LogP) is 3.05. The lowest BCUT2D eigenvalue weighted by atomic mass is 9.92. The van der Waals surface area contributed by atoms with Gasteiger partial charge in [0.05, 0.1) is 6.26 Å². The zero-order valence-electron chi connectivity index (χ0n) is 16.7. The fraction of sp³-hybridized carbons (Fsp3) is 0.364. The molecular formula is C22H28N2O3S. The van der Waals surface area contributed by atoms with Crippen LogP contribution >= 0.6 is 0 Å². The highest BCUT2D eigenvalue weighted by molar-refractivity contribution is 7.88. The monoisotopic (exact) mass is 400 g/mol. The first-order valence-corrected chi connectivity index (χ1v) is 11.4. The van der Waals surface area contributed by atoms with Crippen LogP contribution in [0.4, 0.5) is 0 Å². The van der Waals surface area contributed by atoms with Crippen molar-refractivity contribution in [2.45, 2.75) is 19.4 Å². The third-order valence-electron chi connectivity index (χ3n) is 4.73. The van der Waals surface area contributed by atoms with Crippen LogP contribution in [0.3, 0.4) is 0 Å². The van der Waals surface area contributed by atoms with Crippen LogP contribution < -0.4 is 9.46 Å². The van der Waals surface area contributed by atoms with E-state index in [1.54, 1.807) is 0 Å². The Hall–Kier alpha value is -2.15. The molecular weight excluding hydrogens is 372 g/mol. The summed E-state index contributed by atoms with van der Waals surface area (Å²) in [6.07, 6.45) is 5.04. The van der Waals surface area contributed by atoms with E-state index in [0.29, 0.717) is 19.6 Å². The number of hydrogen-bond donors (Lipinski definition) is 1. The molecule has 1 heterocycles. The van der Waals surface area contributed by atoms with Crippen LogP contribution in [0.5, 0.6) is 5.75 Å². The van der Waals surface area contributed by atoms with E-state index in [1.165, 1.54) is 23.0 Å². The Morgan fingerprint density at radius 2 is 1.93 bits per heavy atom. The van der Waals surface area contributed by atoms with E-state index < -0.39 is 10.0 Å². The number of ether oxygens (including phenoxy) is 1. The molecule has 6 heteroatoms. The van der Waals surface area contributed by atoms with Gasteiger partial charge in [0.1, 0.15) is 12.4 Å². The van der Waals surface area contributed by atoms with Gasteiger partial charge in [-0.2, -0.15) is 0 Å². The molecule has 1 N–H and O–H groups in total. The molecule has 2 aromatic carbocycles. The highest BCUT2D eigenvalue weighted by atomic mass is 32.2. The standard InChI is InChI=1S/C22H28N2O3S/c1-24(2)14-6-9-20-19-8-5-4-7-18(19)16-27-22-11-10-17(15-21(20)22)12-13-23-28(3,25)26/h4-5,7-11,15,23H,6,12-14,16H2,1-3H3/b20-9-. The van der Waals surface area contributed by atoms with Gasteiger partial charge < -0.3 is 9.64 Å². The Morgan fingerprint density at radius 1 is 1.14 bits per heavy atom. The summed E-state index contributed by atoms with van der Waals surface area (Å²) < 4.78 is 31.3. The van der Waals surface area contributed by atoms with Crippen molar-refractivity contribution in [3.05, 3.63) is 70.8 Å². The molecule has 1 aliphatic heterocycles. The second kappa shape index (κ2) is 8.90. The van der Waals surface area contributed by atoms with E-state index in [0.717, 1.165) is 29.8 Å². The number of nitrogens with one attached hydrogen (secondary N) is 1. The molecule has 150 valence electrons. The molecule has 2 aromatic rings. The first-order chi connectivity index (χ1) is 13.3. The van der Waals surface area contributed by atoms with Crippen LogP contribution in [0.15, 0.2) is 48.5 Å². The summed E-state index contributed by atoms with van der Waals surface area (Å²) in [6.45, 7) is 1.90. The fourth-order valence-corrected chi connectivity index (χ4v) is 3.82. The molecule has 28 heavy (non-hydrogen) atoms. The maximum atomic E-state index is 11.3. The molecule has 0 bridgehead atoms. The van der Waals surface area contributed by atoms with Gasteiger partial charge in [0.15, 0.2) is 0 Å². The molecule has 0 atom stereocenters. The van der Waals surface area contributed by atoms with Crippen LogP contribution in [0, 0.1) is 0 Å². The zero-order chi connectivity index (χ0) is 20.1. The van der Waals surface area contributed by atoms with E-state index in [1.807, 2.05) is 18.2 Å². The van der Waals surface area contributed by atoms with Gasteiger partial charge in [-0.1, -0.05) is 36.4 Å². The second-order valence-electron chi connectivity index (χ2n) is 7.40. The minimum absolute atomic E-state index is 0.384. The average molecular weight is 401 g/mol. The predicted molar refractivity (Wildman–Crippen MR) is 114 cm³/mol. The average Bonchev–Trinajstić information content (AvgIpc) is 2.78. The van der Waals surface area contributed by atoms with E-state index in [4.69, 9.17) is 4.74 Å². The molecule has 0 radical (unpaired) electrons. The molecule has 0 amide bonds. The van der Waals surface area contributed by atoms with Gasteiger partial charge >= 0.3 is 0 Å². The highest BCUT2D eigenvalue weighted by Gasteiger charge is 2.19. The zero-order valence-corrected chi connectivity index (χ0v) is 17.6. The highest BCUT2D eigenvalue weighted by Crippen LogP contribution is 2.37. The number of benzene rings is 2. The largest absolute Gasteiger partial charge is 0.488 e. The summed E-state index contributed by atoms with van der Waals surface area (Å²) in [4.78, 5) is 2.17. The Bertz CT molecular complexity index is 965. The normalized spacial score (nSPS) is 15.1. The molecule has 0 aliphatic carbocycles. The Morgan fingerprint density at radius 3 is 2.68 bits per heavy atom. The van der Waals surface area contributed by atoms with Crippen molar-refractivity contribution in [2.75, 3.05) is 33.4 Å². The van der Waals surface area contributed by atoms with E-state index in [2.05, 4.69) is 54.1 Å². The van der Waals surface area contributed by atoms with Gasteiger partial charge in [-0.3, -0.25) is 0 Å². The number of nitrogens with zero attached hydrogens (tertiary/aromatic N) is 1. The summed E-state index contributed by atoms with van der Waals surface area (Å²) in [5, 5.41) is 0. The number of rotatable bonds is 7. The molecule has 0 aromatic heterocycles. The van der Waals surface area contributed by atoms with Crippen molar-refractivity contribution in [3.8, 4) is 5.75 Å². The molecule has 1 aliphatic rings. The number of fused-ring (bicyclic) bond motifs is 2. The summed E-state index contributed by atoms with van der Waals surface area (Å²) >= 11 is 0. The maximum absolute atomic E-state index is 11.3. The van der Waals surface area contributed by atoms with Crippen LogP contribution in [0.2, 0.25) is 0 Å². The molecule has 0 unspecified atom stereocenters. The molecule has 0 fully saturated rings. The molecule has 3 rings (SSSR count). The summed E-state index contributed by atoms with van der Waals surface area (Å²) in [7, 11) is 0.967. The van der Waals surface area contributed by atoms with Gasteiger partial charge in [-0.05, 0) is 61.3 Å². The summed E-state index contributed by atoms with van der Waals surface area (Å²) in [5.74, 6) is 0.868. The SMILES string of the molecule is CN(C)CC/C=C1/c2ccccc2COc2ccc(CCNS(C)(=O)=O)cc21. The topological polar surface area (TPSA) is 58.6 Å². The van der Waals surface area contributed by atoms with Crippen molar-refractivity contribution in [1.29, 1.82) is 0 Å². The molecule has 0 spiro atoms. The van der Waals surface area contributed by atoms with Gasteiger partial charge in [0.2, 0.25) is 10.0 Å². The lowest BCUT2D eigenvalue weighted by Gasteiger charge is -2.14. The van der Waals surface area contributed by atoms with Crippen molar-refractivity contribution >= 4 is 15.6 Å². The minimum atomic E-state index is -3.18. The number of hydrogen-bond acceptors (Lipinski definition) is 4. The minimum Gasteiger partial charge on any atom is -0.488 e. The maximum Gasteiger partial charge on any atom is 0.208 e. The van der Waals surface area contributed by atoms with Crippen molar-refractivity contribution < 1.29 is 13.2 Å². The van der Waals surface area contributed by atoms with Crippen LogP contribution in [0.25, 0.3) is 5.57 Å². The van der Waals surface area contributed by atoms with E-state index in [-0.39, 0.29) is 0 Å². The lowest BCUT2D eigenvalue weighted by Crippen LogP contribution is -2.24. The Kier molecular flexibility index (Phi) is 6.54. The third kappa shape index (κ3) is 5.44. The third-order valence-corrected chi connectivity index (χ3v) is 5.46. The van der Waals surface area contributed by atoms with E-state index >= 15 is 0 Å². The van der Waals surface area contributed by atoms with Crippen molar-refractivity contribution in [1.82, 2.24) is 9.62 Å². The summed E-state index contributed by atoms with van der Waals surface area (Å²) in [5.41, 5.74) is 5.71. The first-order valence-electron chi connectivity index (χ1n) is 9.47. The van der Waals surface area contributed by atoms with Crippen LogP contribution in [0.1, 0.15) is 28.7 Å². The number of sulfonamides is 1. The lowest BCUT2D eigenvalue weighted by molar-refractivity contribution is 0.307. The van der Waals surface area contributed by atoms with Crippen molar-refractivity contribution in [2.24, 2.45) is 0 Å². The smallest absolute Gasteiger partial charge is 0.208 e. The molecule has 5 nitrogen and oxygen atoms in total. The van der Waals surface area contributed by atoms with Gasteiger partial charge in [0.25, 0.3) is 0 Å². The first kappa shape index (κ1) is 20.6. The second-order valence-corrected chi connectivity index (χ2v) is 9.24. The van der Waals surface area contributed by atoms with Crippen LogP contribution in [-0.2, 0) is 23.1 Å². The van der Waals surface area contributed by atoms with Gasteiger partial charge in [0, 0.05) is 18.7 Å². The quantitative estimate of drug-likeness (QED) is 0.776. The molecule has 0 saturated carbocycles. The van der Waals surface area contributed by atoms with Crippen molar-refractivity contribution in [3.63, 3.8) is 0 Å². The van der Waals surface area contributed by atoms with Gasteiger partial charge in [-0.25, -0.2) is 13.1 Å². The molecule has 0 saturated heterocycles. The fourth-order valence-electron chi connectivity index (χ4n) is 3.35. The van der Waals surface area contributed by atoms with Gasteiger partial charge in [-0.15, -0.1) is 0 Å². The van der Waals surface area contributed by atoms with E-state index in [9.17, 15) is 8.42 Å². The Labute approximate surface area is 168 Å². The summed E-state index contributed by atoms with van der Waals surface area (Å²) in [6, 6.07) is 14.5. The van der Waals surface area contributed by atoms with Crippen LogP contribution in [-0.4, -0.2) is 46.8 Å².